The van der Waals surface area contributed by atoms with Crippen LogP contribution in [0.5, 0.6) is 0 Å². The van der Waals surface area contributed by atoms with E-state index in [0.29, 0.717) is 27.8 Å². The van der Waals surface area contributed by atoms with E-state index in [0.717, 1.165) is 55.0 Å². The van der Waals surface area contributed by atoms with E-state index in [1.165, 1.54) is 11.3 Å². The second-order valence-corrected chi connectivity index (χ2v) is 9.02. The number of carbonyl (C=O) groups excluding carboxylic acids is 1. The van der Waals surface area contributed by atoms with E-state index in [4.69, 9.17) is 21.3 Å². The number of hydrogen-bond acceptors (Lipinski definition) is 7. The van der Waals surface area contributed by atoms with Crippen LogP contribution in [0, 0.1) is 0 Å². The van der Waals surface area contributed by atoms with Crippen LogP contribution in [-0.4, -0.2) is 65.2 Å². The minimum absolute atomic E-state index is 0. The standard InChI is InChI=1S/C23H22ClN5O2S.ClH/c24-17-3-1-4-20-21(17)27-23(32-20)29(10-2-9-28-11-13-31-14-12-28)22(30)16-5-6-18-19(15-16)26-8-7-25-18;/h1,3-8,15H,2,9-14H2;1H. The molecule has 1 fully saturated rings. The van der Waals surface area contributed by atoms with Gasteiger partial charge in [-0.2, -0.15) is 0 Å². The number of hydrogen-bond donors (Lipinski definition) is 0. The molecule has 0 N–H and O–H groups in total. The molecule has 1 aliphatic rings. The number of rotatable bonds is 6. The summed E-state index contributed by atoms with van der Waals surface area (Å²) in [6, 6.07) is 11.1. The van der Waals surface area contributed by atoms with E-state index in [9.17, 15) is 4.79 Å². The Morgan fingerprint density at radius 2 is 1.91 bits per heavy atom. The average molecular weight is 504 g/mol. The number of benzene rings is 2. The van der Waals surface area contributed by atoms with Gasteiger partial charge in [-0.05, 0) is 36.8 Å². The topological polar surface area (TPSA) is 71.5 Å². The van der Waals surface area contributed by atoms with Gasteiger partial charge >= 0.3 is 0 Å². The summed E-state index contributed by atoms with van der Waals surface area (Å²) in [7, 11) is 0. The van der Waals surface area contributed by atoms with E-state index < -0.39 is 0 Å². The molecule has 0 atom stereocenters. The van der Waals surface area contributed by atoms with Gasteiger partial charge in [0, 0.05) is 44.1 Å². The Labute approximate surface area is 206 Å². The maximum absolute atomic E-state index is 13.6. The summed E-state index contributed by atoms with van der Waals surface area (Å²) in [6.07, 6.45) is 4.11. The van der Waals surface area contributed by atoms with Crippen LogP contribution in [0.1, 0.15) is 16.8 Å². The first-order valence-electron chi connectivity index (χ1n) is 10.6. The lowest BCUT2D eigenvalue weighted by molar-refractivity contribution is 0.0376. The Morgan fingerprint density at radius 1 is 1.12 bits per heavy atom. The van der Waals surface area contributed by atoms with Gasteiger partial charge in [0.15, 0.2) is 5.13 Å². The maximum atomic E-state index is 13.6. The van der Waals surface area contributed by atoms with Gasteiger partial charge in [-0.3, -0.25) is 24.6 Å². The third kappa shape index (κ3) is 5.26. The highest BCUT2D eigenvalue weighted by molar-refractivity contribution is 7.22. The van der Waals surface area contributed by atoms with Crippen LogP contribution in [0.2, 0.25) is 5.02 Å². The van der Waals surface area contributed by atoms with Crippen molar-refractivity contribution in [1.82, 2.24) is 19.9 Å². The van der Waals surface area contributed by atoms with E-state index in [1.54, 1.807) is 29.4 Å². The number of aromatic nitrogens is 3. The van der Waals surface area contributed by atoms with E-state index in [2.05, 4.69) is 14.9 Å². The quantitative estimate of drug-likeness (QED) is 0.380. The molecule has 4 aromatic rings. The Bertz CT molecular complexity index is 1260. The van der Waals surface area contributed by atoms with Crippen molar-refractivity contribution in [3.05, 3.63) is 59.4 Å². The van der Waals surface area contributed by atoms with Crippen LogP contribution in [0.4, 0.5) is 5.13 Å². The second kappa shape index (κ2) is 10.7. The molecule has 0 unspecified atom stereocenters. The summed E-state index contributed by atoms with van der Waals surface area (Å²) < 4.78 is 6.40. The zero-order chi connectivity index (χ0) is 21.9. The molecule has 0 radical (unpaired) electrons. The van der Waals surface area contributed by atoms with Crippen LogP contribution in [-0.2, 0) is 4.74 Å². The first kappa shape index (κ1) is 23.8. The molecule has 3 heterocycles. The lowest BCUT2D eigenvalue weighted by Gasteiger charge is -2.27. The van der Waals surface area contributed by atoms with Gasteiger partial charge in [0.05, 0.1) is 34.0 Å². The summed E-state index contributed by atoms with van der Waals surface area (Å²) in [5.41, 5.74) is 2.74. The lowest BCUT2D eigenvalue weighted by Crippen LogP contribution is -2.39. The number of halogens is 2. The first-order valence-corrected chi connectivity index (χ1v) is 11.8. The van der Waals surface area contributed by atoms with Crippen molar-refractivity contribution in [2.45, 2.75) is 6.42 Å². The van der Waals surface area contributed by atoms with Crippen molar-refractivity contribution in [3.8, 4) is 0 Å². The highest BCUT2D eigenvalue weighted by Gasteiger charge is 2.23. The fourth-order valence-corrected chi connectivity index (χ4v) is 5.12. The molecule has 2 aromatic heterocycles. The summed E-state index contributed by atoms with van der Waals surface area (Å²) in [5, 5.41) is 1.24. The smallest absolute Gasteiger partial charge is 0.260 e. The van der Waals surface area contributed by atoms with Crippen molar-refractivity contribution in [2.75, 3.05) is 44.3 Å². The van der Waals surface area contributed by atoms with E-state index in [1.807, 2.05) is 24.3 Å². The van der Waals surface area contributed by atoms with Crippen molar-refractivity contribution in [3.63, 3.8) is 0 Å². The third-order valence-corrected chi connectivity index (χ3v) is 6.86. The number of nitrogens with zero attached hydrogens (tertiary/aromatic N) is 5. The van der Waals surface area contributed by atoms with E-state index >= 15 is 0 Å². The molecule has 5 rings (SSSR count). The Kier molecular flexibility index (Phi) is 7.72. The maximum Gasteiger partial charge on any atom is 0.260 e. The number of thiazole rings is 1. The molecule has 33 heavy (non-hydrogen) atoms. The normalized spacial score (nSPS) is 14.3. The monoisotopic (exact) mass is 503 g/mol. The average Bonchev–Trinajstić information content (AvgIpc) is 3.27. The molecular formula is C23H23Cl2N5O2S. The van der Waals surface area contributed by atoms with Gasteiger partial charge in [0.1, 0.15) is 5.52 Å². The lowest BCUT2D eigenvalue weighted by atomic mass is 10.1. The van der Waals surface area contributed by atoms with Gasteiger partial charge < -0.3 is 4.74 Å². The number of carbonyl (C=O) groups is 1. The number of fused-ring (bicyclic) bond motifs is 2. The molecule has 172 valence electrons. The molecule has 0 aliphatic carbocycles. The second-order valence-electron chi connectivity index (χ2n) is 7.61. The largest absolute Gasteiger partial charge is 0.379 e. The first-order chi connectivity index (χ1) is 15.7. The number of ether oxygens (including phenoxy) is 1. The Morgan fingerprint density at radius 3 is 2.70 bits per heavy atom. The predicted octanol–water partition coefficient (Wildman–Crippen LogP) is 4.68. The molecule has 0 saturated carbocycles. The van der Waals surface area contributed by atoms with Crippen LogP contribution in [0.15, 0.2) is 48.8 Å². The number of anilines is 1. The van der Waals surface area contributed by atoms with Gasteiger partial charge in [-0.25, -0.2) is 4.98 Å². The van der Waals surface area contributed by atoms with Gasteiger partial charge in [-0.15, -0.1) is 12.4 Å². The minimum Gasteiger partial charge on any atom is -0.379 e. The SMILES string of the molecule is Cl.O=C(c1ccc2nccnc2c1)N(CCCN1CCOCC1)c1nc2c(Cl)cccc2s1. The molecule has 7 nitrogen and oxygen atoms in total. The number of amides is 1. The highest BCUT2D eigenvalue weighted by Crippen LogP contribution is 2.33. The minimum atomic E-state index is -0.102. The van der Waals surface area contributed by atoms with Crippen molar-refractivity contribution in [1.29, 1.82) is 0 Å². The summed E-state index contributed by atoms with van der Waals surface area (Å²) in [5.74, 6) is -0.102. The van der Waals surface area contributed by atoms with Gasteiger partial charge in [0.2, 0.25) is 0 Å². The molecule has 0 bridgehead atoms. The molecule has 10 heteroatoms. The number of para-hydroxylation sites is 1. The summed E-state index contributed by atoms with van der Waals surface area (Å²) >= 11 is 7.83. The Hall–Kier alpha value is -2.36. The molecular weight excluding hydrogens is 481 g/mol. The zero-order valence-corrected chi connectivity index (χ0v) is 20.2. The Balaban J connectivity index is 0.00000259. The van der Waals surface area contributed by atoms with Gasteiger partial charge in [-0.1, -0.05) is 29.0 Å². The van der Waals surface area contributed by atoms with Crippen molar-refractivity contribution < 1.29 is 9.53 Å². The van der Waals surface area contributed by atoms with Crippen LogP contribution in [0.25, 0.3) is 21.3 Å². The van der Waals surface area contributed by atoms with E-state index in [-0.39, 0.29) is 18.3 Å². The number of morpholine rings is 1. The molecule has 2 aromatic carbocycles. The van der Waals surface area contributed by atoms with Crippen molar-refractivity contribution in [2.24, 2.45) is 0 Å². The van der Waals surface area contributed by atoms with Gasteiger partial charge in [0.25, 0.3) is 5.91 Å². The predicted molar refractivity (Wildman–Crippen MR) is 135 cm³/mol. The van der Waals surface area contributed by atoms with Crippen LogP contribution in [0.3, 0.4) is 0 Å². The highest BCUT2D eigenvalue weighted by atomic mass is 35.5. The zero-order valence-electron chi connectivity index (χ0n) is 17.8. The van der Waals surface area contributed by atoms with Crippen LogP contribution >= 0.6 is 35.3 Å². The third-order valence-electron chi connectivity index (χ3n) is 5.51. The summed E-state index contributed by atoms with van der Waals surface area (Å²) in [6.45, 7) is 4.84. The van der Waals surface area contributed by atoms with Crippen LogP contribution < -0.4 is 4.90 Å². The molecule has 1 amide bonds. The molecule has 1 saturated heterocycles. The molecule has 0 spiro atoms. The fourth-order valence-electron chi connectivity index (χ4n) is 3.83. The fraction of sp³-hybridized carbons (Fsp3) is 0.304. The molecule has 1 aliphatic heterocycles. The summed E-state index contributed by atoms with van der Waals surface area (Å²) in [4.78, 5) is 31.1. The van der Waals surface area contributed by atoms with Crippen molar-refractivity contribution >= 4 is 67.6 Å².